The second-order valence-electron chi connectivity index (χ2n) is 5.35. The van der Waals surface area contributed by atoms with E-state index in [0.717, 1.165) is 38.4 Å². The molecule has 4 nitrogen and oxygen atoms in total. The number of anilines is 1. The maximum absolute atomic E-state index is 13.7. The smallest absolute Gasteiger partial charge is 0.190 e. The van der Waals surface area contributed by atoms with Crippen LogP contribution in [0.1, 0.15) is 19.3 Å². The van der Waals surface area contributed by atoms with Crippen molar-refractivity contribution in [2.75, 3.05) is 50.6 Å². The van der Waals surface area contributed by atoms with Crippen molar-refractivity contribution < 1.29 is 4.39 Å². The first-order chi connectivity index (χ1) is 11.2. The fourth-order valence-corrected chi connectivity index (χ4v) is 2.70. The predicted molar refractivity (Wildman–Crippen MR) is 117 cm³/mol. The molecule has 7 heteroatoms. The van der Waals surface area contributed by atoms with E-state index in [1.165, 1.54) is 18.2 Å². The maximum Gasteiger partial charge on any atom is 0.190 e. The van der Waals surface area contributed by atoms with E-state index >= 15 is 0 Å². The van der Waals surface area contributed by atoms with Gasteiger partial charge in [-0.1, -0.05) is 12.1 Å². The molecule has 0 amide bonds. The van der Waals surface area contributed by atoms with E-state index in [4.69, 9.17) is 0 Å². The van der Waals surface area contributed by atoms with Gasteiger partial charge in [0.1, 0.15) is 5.82 Å². The zero-order valence-electron chi connectivity index (χ0n) is 14.8. The lowest BCUT2D eigenvalue weighted by Crippen LogP contribution is -2.39. The van der Waals surface area contributed by atoms with Gasteiger partial charge in [0.2, 0.25) is 0 Å². The van der Waals surface area contributed by atoms with Gasteiger partial charge in [0.05, 0.1) is 5.69 Å². The minimum absolute atomic E-state index is 0. The van der Waals surface area contributed by atoms with E-state index in [1.807, 2.05) is 29.8 Å². The standard InChI is InChI=1S/C17H29FN4S.HI/c1-19-17(20-11-6-7-14-23-3)21-12-8-13-22(2)16-10-5-4-9-15(16)18;/h4-5,9-10H,6-8,11-14H2,1-3H3,(H2,19,20,21);1H. The Kier molecular flexibility index (Phi) is 14.2. The lowest BCUT2D eigenvalue weighted by atomic mass is 10.2. The molecule has 0 spiro atoms. The van der Waals surface area contributed by atoms with Gasteiger partial charge < -0.3 is 15.5 Å². The van der Waals surface area contributed by atoms with Crippen LogP contribution in [0.25, 0.3) is 0 Å². The molecule has 0 atom stereocenters. The van der Waals surface area contributed by atoms with Crippen molar-refractivity contribution in [1.82, 2.24) is 10.6 Å². The van der Waals surface area contributed by atoms with Crippen molar-refractivity contribution in [2.45, 2.75) is 19.3 Å². The number of hydrogen-bond donors (Lipinski definition) is 2. The van der Waals surface area contributed by atoms with Crippen molar-refractivity contribution in [3.8, 4) is 0 Å². The van der Waals surface area contributed by atoms with E-state index in [-0.39, 0.29) is 29.8 Å². The van der Waals surface area contributed by atoms with E-state index < -0.39 is 0 Å². The van der Waals surface area contributed by atoms with Crippen LogP contribution in [0.2, 0.25) is 0 Å². The zero-order chi connectivity index (χ0) is 16.9. The first kappa shape index (κ1) is 23.3. The fraction of sp³-hybridized carbons (Fsp3) is 0.588. The van der Waals surface area contributed by atoms with Gasteiger partial charge in [0.15, 0.2) is 5.96 Å². The topological polar surface area (TPSA) is 39.7 Å². The van der Waals surface area contributed by atoms with Gasteiger partial charge in [-0.2, -0.15) is 11.8 Å². The Morgan fingerprint density at radius 3 is 2.46 bits per heavy atom. The molecule has 0 aromatic heterocycles. The van der Waals surface area contributed by atoms with Gasteiger partial charge in [-0.25, -0.2) is 4.39 Å². The molecule has 0 aliphatic rings. The van der Waals surface area contributed by atoms with E-state index in [0.29, 0.717) is 5.69 Å². The lowest BCUT2D eigenvalue weighted by molar-refractivity contribution is 0.619. The number of unbranched alkanes of at least 4 members (excludes halogenated alkanes) is 1. The minimum Gasteiger partial charge on any atom is -0.372 e. The Labute approximate surface area is 167 Å². The summed E-state index contributed by atoms with van der Waals surface area (Å²) in [6.07, 6.45) is 5.42. The van der Waals surface area contributed by atoms with Crippen LogP contribution in [-0.4, -0.2) is 51.7 Å². The van der Waals surface area contributed by atoms with Crippen LogP contribution in [0.15, 0.2) is 29.3 Å². The molecule has 0 unspecified atom stereocenters. The number of para-hydroxylation sites is 1. The molecule has 0 aliphatic heterocycles. The largest absolute Gasteiger partial charge is 0.372 e. The Morgan fingerprint density at radius 2 is 1.83 bits per heavy atom. The molecule has 2 N–H and O–H groups in total. The molecule has 24 heavy (non-hydrogen) atoms. The van der Waals surface area contributed by atoms with Gasteiger partial charge in [0.25, 0.3) is 0 Å². The number of halogens is 2. The SMILES string of the molecule is CN=C(NCCCCSC)NCCCN(C)c1ccccc1F.I. The molecule has 0 heterocycles. The van der Waals surface area contributed by atoms with Gasteiger partial charge in [0, 0.05) is 33.7 Å². The first-order valence-electron chi connectivity index (χ1n) is 8.08. The molecule has 0 bridgehead atoms. The summed E-state index contributed by atoms with van der Waals surface area (Å²) in [6, 6.07) is 6.86. The Morgan fingerprint density at radius 1 is 1.17 bits per heavy atom. The molecule has 138 valence electrons. The predicted octanol–water partition coefficient (Wildman–Crippen LogP) is 3.58. The van der Waals surface area contributed by atoms with Crippen LogP contribution in [0, 0.1) is 5.82 Å². The average molecular weight is 468 g/mol. The molecule has 1 aromatic rings. The summed E-state index contributed by atoms with van der Waals surface area (Å²) in [4.78, 5) is 6.15. The van der Waals surface area contributed by atoms with Crippen molar-refractivity contribution in [3.63, 3.8) is 0 Å². The second kappa shape index (κ2) is 14.6. The molecule has 0 radical (unpaired) electrons. The summed E-state index contributed by atoms with van der Waals surface area (Å²) in [5.74, 6) is 1.86. The fourth-order valence-electron chi connectivity index (χ4n) is 2.20. The summed E-state index contributed by atoms with van der Waals surface area (Å²) in [6.45, 7) is 2.54. The van der Waals surface area contributed by atoms with Crippen LogP contribution >= 0.6 is 35.7 Å². The summed E-state index contributed by atoms with van der Waals surface area (Å²) in [5.41, 5.74) is 0.642. The monoisotopic (exact) mass is 468 g/mol. The summed E-state index contributed by atoms with van der Waals surface area (Å²) in [7, 11) is 3.69. The van der Waals surface area contributed by atoms with Crippen LogP contribution in [-0.2, 0) is 0 Å². The Balaban J connectivity index is 0.00000529. The van der Waals surface area contributed by atoms with Gasteiger partial charge in [-0.05, 0) is 43.4 Å². The first-order valence-corrected chi connectivity index (χ1v) is 9.47. The summed E-state index contributed by atoms with van der Waals surface area (Å²) in [5, 5.41) is 6.61. The Bertz CT molecular complexity index is 474. The average Bonchev–Trinajstić information content (AvgIpc) is 2.56. The van der Waals surface area contributed by atoms with E-state index in [2.05, 4.69) is 21.9 Å². The number of hydrogen-bond acceptors (Lipinski definition) is 3. The van der Waals surface area contributed by atoms with Crippen LogP contribution in [0.3, 0.4) is 0 Å². The highest BCUT2D eigenvalue weighted by molar-refractivity contribution is 14.0. The van der Waals surface area contributed by atoms with Crippen molar-refractivity contribution in [2.24, 2.45) is 4.99 Å². The number of benzene rings is 1. The third kappa shape index (κ3) is 9.56. The minimum atomic E-state index is -0.175. The zero-order valence-corrected chi connectivity index (χ0v) is 18.0. The van der Waals surface area contributed by atoms with Crippen LogP contribution in [0.5, 0.6) is 0 Å². The quantitative estimate of drug-likeness (QED) is 0.238. The summed E-state index contributed by atoms with van der Waals surface area (Å²) >= 11 is 1.88. The van der Waals surface area contributed by atoms with Gasteiger partial charge in [-0.15, -0.1) is 24.0 Å². The van der Waals surface area contributed by atoms with Gasteiger partial charge in [-0.3, -0.25) is 4.99 Å². The third-order valence-electron chi connectivity index (χ3n) is 3.52. The highest BCUT2D eigenvalue weighted by atomic mass is 127. The van der Waals surface area contributed by atoms with Gasteiger partial charge >= 0.3 is 0 Å². The van der Waals surface area contributed by atoms with Crippen molar-refractivity contribution in [1.29, 1.82) is 0 Å². The second-order valence-corrected chi connectivity index (χ2v) is 6.34. The van der Waals surface area contributed by atoms with Crippen molar-refractivity contribution >= 4 is 47.4 Å². The molecule has 0 saturated heterocycles. The van der Waals surface area contributed by atoms with Crippen molar-refractivity contribution in [3.05, 3.63) is 30.1 Å². The molecule has 0 aliphatic carbocycles. The summed E-state index contributed by atoms with van der Waals surface area (Å²) < 4.78 is 13.7. The Hall–Kier alpha value is -0.700. The molecule has 0 fully saturated rings. The van der Waals surface area contributed by atoms with Crippen LogP contribution in [0.4, 0.5) is 10.1 Å². The van der Waals surface area contributed by atoms with E-state index in [9.17, 15) is 4.39 Å². The molecule has 1 rings (SSSR count). The maximum atomic E-state index is 13.7. The van der Waals surface area contributed by atoms with Crippen LogP contribution < -0.4 is 15.5 Å². The number of aliphatic imine (C=N–C) groups is 1. The number of guanidine groups is 1. The molecule has 1 aromatic carbocycles. The van der Waals surface area contributed by atoms with E-state index in [1.54, 1.807) is 19.2 Å². The lowest BCUT2D eigenvalue weighted by Gasteiger charge is -2.20. The third-order valence-corrected chi connectivity index (χ3v) is 4.21. The number of nitrogens with one attached hydrogen (secondary N) is 2. The molecular formula is C17H30FIN4S. The molecular weight excluding hydrogens is 438 g/mol. The highest BCUT2D eigenvalue weighted by Gasteiger charge is 2.05. The number of thioether (sulfide) groups is 1. The highest BCUT2D eigenvalue weighted by Crippen LogP contribution is 2.16. The molecule has 0 saturated carbocycles. The number of nitrogens with zero attached hydrogens (tertiary/aromatic N) is 2. The normalized spacial score (nSPS) is 10.9. The number of rotatable bonds is 10.